The van der Waals surface area contributed by atoms with Crippen LogP contribution in [0.3, 0.4) is 0 Å². The van der Waals surface area contributed by atoms with E-state index in [1.165, 1.54) is 34.9 Å². The fraction of sp³-hybridized carbons (Fsp3) is 0.467. The smallest absolute Gasteiger partial charge is 0.233 e. The summed E-state index contributed by atoms with van der Waals surface area (Å²) in [5.74, 6) is 0.725. The molecule has 0 unspecified atom stereocenters. The highest BCUT2D eigenvalue weighted by Gasteiger charge is 2.13. The molecule has 0 saturated carbocycles. The number of hydrogen-bond acceptors (Lipinski definition) is 8. The van der Waals surface area contributed by atoms with Gasteiger partial charge >= 0.3 is 0 Å². The molecule has 2 amide bonds. The average Bonchev–Trinajstić information content (AvgIpc) is 3.27. The zero-order valence-electron chi connectivity index (χ0n) is 14.1. The lowest BCUT2D eigenvalue weighted by molar-refractivity contribution is -0.127. The largest absolute Gasteiger partial charge is 0.355 e. The van der Waals surface area contributed by atoms with Crippen LogP contribution in [0, 0.1) is 0 Å². The first-order valence-corrected chi connectivity index (χ1v) is 11.4. The number of amides is 2. The van der Waals surface area contributed by atoms with Crippen molar-refractivity contribution >= 4 is 58.0 Å². The van der Waals surface area contributed by atoms with Gasteiger partial charge in [-0.05, 0) is 17.9 Å². The second kappa shape index (κ2) is 10.8. The molecule has 25 heavy (non-hydrogen) atoms. The number of carbonyl (C=O) groups excluding carboxylic acids is 2. The Bertz CT molecular complexity index is 675. The quantitative estimate of drug-likeness (QED) is 0.600. The van der Waals surface area contributed by atoms with E-state index in [0.717, 1.165) is 20.0 Å². The van der Waals surface area contributed by atoms with Gasteiger partial charge in [-0.15, -0.1) is 21.5 Å². The van der Waals surface area contributed by atoms with E-state index in [2.05, 4.69) is 15.5 Å². The molecule has 0 aliphatic carbocycles. The van der Waals surface area contributed by atoms with Gasteiger partial charge in [0.25, 0.3) is 0 Å². The minimum Gasteiger partial charge on any atom is -0.355 e. The second-order valence-corrected chi connectivity index (χ2v) is 9.55. The van der Waals surface area contributed by atoms with Gasteiger partial charge in [0.1, 0.15) is 0 Å². The summed E-state index contributed by atoms with van der Waals surface area (Å²) in [6, 6.07) is 4.00. The van der Waals surface area contributed by atoms with Crippen molar-refractivity contribution in [3.63, 3.8) is 0 Å². The Labute approximate surface area is 163 Å². The van der Waals surface area contributed by atoms with Gasteiger partial charge in [-0.3, -0.25) is 9.59 Å². The van der Waals surface area contributed by atoms with Crippen molar-refractivity contribution in [1.29, 1.82) is 0 Å². The predicted octanol–water partition coefficient (Wildman–Crippen LogP) is 2.97. The van der Waals surface area contributed by atoms with Gasteiger partial charge in [0.2, 0.25) is 11.8 Å². The Hall–Kier alpha value is -1.10. The molecular formula is C15H20N4O2S4. The lowest BCUT2D eigenvalue weighted by atomic mass is 10.4. The molecule has 2 aromatic heterocycles. The predicted molar refractivity (Wildman–Crippen MR) is 105 cm³/mol. The van der Waals surface area contributed by atoms with Gasteiger partial charge in [0.15, 0.2) is 8.68 Å². The number of aromatic nitrogens is 2. The van der Waals surface area contributed by atoms with Crippen LogP contribution in [0.5, 0.6) is 0 Å². The molecule has 2 rings (SSSR count). The van der Waals surface area contributed by atoms with Crippen molar-refractivity contribution in [3.8, 4) is 0 Å². The van der Waals surface area contributed by atoms with Crippen molar-refractivity contribution in [1.82, 2.24) is 20.4 Å². The summed E-state index contributed by atoms with van der Waals surface area (Å²) >= 11 is 5.81. The van der Waals surface area contributed by atoms with Crippen LogP contribution >= 0.6 is 46.2 Å². The molecule has 0 bridgehead atoms. The van der Waals surface area contributed by atoms with E-state index in [9.17, 15) is 9.59 Å². The van der Waals surface area contributed by atoms with Crippen LogP contribution in [-0.4, -0.2) is 52.0 Å². The van der Waals surface area contributed by atoms with Gasteiger partial charge < -0.3 is 10.2 Å². The third-order valence-electron chi connectivity index (χ3n) is 3.00. The summed E-state index contributed by atoms with van der Waals surface area (Å²) < 4.78 is 1.49. The van der Waals surface area contributed by atoms with Crippen LogP contribution in [0.25, 0.3) is 0 Å². The molecule has 0 aromatic carbocycles. The van der Waals surface area contributed by atoms with Gasteiger partial charge in [0, 0.05) is 18.5 Å². The van der Waals surface area contributed by atoms with Crippen LogP contribution in [0.1, 0.15) is 18.2 Å². The Kier molecular flexibility index (Phi) is 8.73. The van der Waals surface area contributed by atoms with Crippen molar-refractivity contribution in [3.05, 3.63) is 22.4 Å². The topological polar surface area (TPSA) is 75.2 Å². The first kappa shape index (κ1) is 20.2. The highest BCUT2D eigenvalue weighted by molar-refractivity contribution is 8.03. The zero-order chi connectivity index (χ0) is 18.1. The number of nitrogens with one attached hydrogen (secondary N) is 1. The summed E-state index contributed by atoms with van der Waals surface area (Å²) in [6.45, 7) is 3.33. The number of thiophene rings is 1. The monoisotopic (exact) mass is 416 g/mol. The number of hydrogen-bond donors (Lipinski definition) is 1. The molecular weight excluding hydrogens is 396 g/mol. The second-order valence-electron chi connectivity index (χ2n) is 5.09. The van der Waals surface area contributed by atoms with E-state index in [0.29, 0.717) is 24.6 Å². The van der Waals surface area contributed by atoms with Crippen LogP contribution < -0.4 is 5.32 Å². The van der Waals surface area contributed by atoms with Crippen molar-refractivity contribution in [2.75, 3.05) is 25.1 Å². The summed E-state index contributed by atoms with van der Waals surface area (Å²) in [5, 5.41) is 13.0. The number of thioether (sulfide) groups is 2. The van der Waals surface area contributed by atoms with Crippen LogP contribution in [0.4, 0.5) is 0 Å². The maximum absolute atomic E-state index is 12.2. The minimum absolute atomic E-state index is 0.00151. The molecule has 6 nitrogen and oxygen atoms in total. The van der Waals surface area contributed by atoms with E-state index >= 15 is 0 Å². The maximum atomic E-state index is 12.2. The average molecular weight is 417 g/mol. The molecule has 0 aliphatic rings. The fourth-order valence-electron chi connectivity index (χ4n) is 1.71. The lowest BCUT2D eigenvalue weighted by Crippen LogP contribution is -2.27. The Morgan fingerprint density at radius 3 is 2.60 bits per heavy atom. The zero-order valence-corrected chi connectivity index (χ0v) is 17.3. The highest BCUT2D eigenvalue weighted by Crippen LogP contribution is 2.28. The van der Waals surface area contributed by atoms with Gasteiger partial charge in [-0.25, -0.2) is 0 Å². The Balaban J connectivity index is 1.71. The first-order chi connectivity index (χ1) is 12.1. The van der Waals surface area contributed by atoms with Crippen LogP contribution in [-0.2, 0) is 16.1 Å². The van der Waals surface area contributed by atoms with Crippen molar-refractivity contribution in [2.45, 2.75) is 28.6 Å². The van der Waals surface area contributed by atoms with E-state index < -0.39 is 0 Å². The molecule has 0 spiro atoms. The van der Waals surface area contributed by atoms with Crippen molar-refractivity contribution < 1.29 is 9.59 Å². The maximum Gasteiger partial charge on any atom is 0.233 e. The Morgan fingerprint density at radius 1 is 1.24 bits per heavy atom. The normalized spacial score (nSPS) is 10.6. The van der Waals surface area contributed by atoms with E-state index in [1.807, 2.05) is 24.4 Å². The number of rotatable bonds is 10. The standard InChI is InChI=1S/C15H20N4O2S4/c1-3-6-16-12(20)9-23-14-17-18-15(25-14)24-10-13(21)19(2)8-11-5-4-7-22-11/h4-5,7H,3,6,8-10H2,1-2H3,(H,16,20). The van der Waals surface area contributed by atoms with Crippen molar-refractivity contribution in [2.24, 2.45) is 0 Å². The van der Waals surface area contributed by atoms with Gasteiger partial charge in [-0.1, -0.05) is 47.9 Å². The van der Waals surface area contributed by atoms with E-state index in [-0.39, 0.29) is 11.8 Å². The summed E-state index contributed by atoms with van der Waals surface area (Å²) in [5.41, 5.74) is 0. The third-order valence-corrected chi connectivity index (χ3v) is 7.04. The number of nitrogens with zero attached hydrogens (tertiary/aromatic N) is 3. The third kappa shape index (κ3) is 7.35. The molecule has 0 fully saturated rings. The highest BCUT2D eigenvalue weighted by atomic mass is 32.2. The van der Waals surface area contributed by atoms with E-state index in [1.54, 1.807) is 23.3 Å². The molecule has 0 radical (unpaired) electrons. The summed E-state index contributed by atoms with van der Waals surface area (Å²) in [7, 11) is 1.80. The Morgan fingerprint density at radius 2 is 1.96 bits per heavy atom. The molecule has 0 aliphatic heterocycles. The van der Waals surface area contributed by atoms with Gasteiger partial charge in [0.05, 0.1) is 18.1 Å². The molecule has 0 saturated heterocycles. The van der Waals surface area contributed by atoms with Crippen LogP contribution in [0.15, 0.2) is 26.2 Å². The number of carbonyl (C=O) groups is 2. The molecule has 0 atom stereocenters. The SMILES string of the molecule is CCCNC(=O)CSc1nnc(SCC(=O)N(C)Cc2cccs2)s1. The molecule has 2 heterocycles. The van der Waals surface area contributed by atoms with Crippen LogP contribution in [0.2, 0.25) is 0 Å². The van der Waals surface area contributed by atoms with E-state index in [4.69, 9.17) is 0 Å². The summed E-state index contributed by atoms with van der Waals surface area (Å²) in [4.78, 5) is 26.6. The first-order valence-electron chi connectivity index (χ1n) is 7.70. The minimum atomic E-state index is 0.00151. The molecule has 1 N–H and O–H groups in total. The summed E-state index contributed by atoms with van der Waals surface area (Å²) in [6.07, 6.45) is 0.922. The fourth-order valence-corrected chi connectivity index (χ4v) is 5.26. The lowest BCUT2D eigenvalue weighted by Gasteiger charge is -2.15. The molecule has 10 heteroatoms. The molecule has 136 valence electrons. The molecule has 2 aromatic rings. The van der Waals surface area contributed by atoms with Gasteiger partial charge in [-0.2, -0.15) is 0 Å².